The van der Waals surface area contributed by atoms with Gasteiger partial charge in [-0.15, -0.1) is 11.6 Å². The molecule has 4 nitrogen and oxygen atoms in total. The molecule has 5 heteroatoms. The largest absolute Gasteiger partial charge is 0.479 e. The van der Waals surface area contributed by atoms with E-state index in [-0.39, 0.29) is 17.2 Å². The van der Waals surface area contributed by atoms with Crippen LogP contribution in [0.15, 0.2) is 18.2 Å². The van der Waals surface area contributed by atoms with Crippen LogP contribution in [0.25, 0.3) is 0 Å². The van der Waals surface area contributed by atoms with Crippen molar-refractivity contribution in [1.82, 2.24) is 0 Å². The Balaban J connectivity index is 3.18. The number of hydrogen-bond donors (Lipinski definition) is 2. The third-order valence-electron chi connectivity index (χ3n) is 2.46. The van der Waals surface area contributed by atoms with E-state index in [9.17, 15) is 14.7 Å². The maximum atomic E-state index is 11.5. The zero-order valence-electron chi connectivity index (χ0n) is 9.31. The van der Waals surface area contributed by atoms with E-state index in [0.717, 1.165) is 0 Å². The van der Waals surface area contributed by atoms with Gasteiger partial charge in [0.1, 0.15) is 0 Å². The van der Waals surface area contributed by atoms with Crippen LogP contribution in [0.3, 0.4) is 0 Å². The second-order valence-corrected chi connectivity index (χ2v) is 3.83. The number of carboxylic acids is 1. The number of carboxylic acid groups (broad SMARTS) is 1. The molecule has 0 aliphatic carbocycles. The number of halogens is 1. The topological polar surface area (TPSA) is 74.6 Å². The van der Waals surface area contributed by atoms with Crippen LogP contribution in [0.1, 0.15) is 40.9 Å². The molecule has 0 heterocycles. The smallest absolute Gasteiger partial charge is 0.337 e. The fourth-order valence-electron chi connectivity index (χ4n) is 1.50. The zero-order valence-corrected chi connectivity index (χ0v) is 10.1. The Labute approximate surface area is 104 Å². The van der Waals surface area contributed by atoms with Gasteiger partial charge in [-0.2, -0.15) is 0 Å². The Morgan fingerprint density at radius 1 is 1.41 bits per heavy atom. The number of Topliss-reactive ketones (excluding diaryl/α,β-unsaturated/α-hetero) is 1. The van der Waals surface area contributed by atoms with Gasteiger partial charge in [0.2, 0.25) is 0 Å². The van der Waals surface area contributed by atoms with E-state index in [0.29, 0.717) is 17.5 Å². The molecule has 0 bridgehead atoms. The van der Waals surface area contributed by atoms with Crippen LogP contribution in [-0.4, -0.2) is 22.0 Å². The Morgan fingerprint density at radius 3 is 2.53 bits per heavy atom. The number of aliphatic hydroxyl groups is 1. The molecule has 0 radical (unpaired) electrons. The molecule has 92 valence electrons. The van der Waals surface area contributed by atoms with Gasteiger partial charge in [-0.05, 0) is 17.2 Å². The number of benzene rings is 1. The van der Waals surface area contributed by atoms with E-state index >= 15 is 0 Å². The van der Waals surface area contributed by atoms with E-state index < -0.39 is 12.1 Å². The number of aliphatic carboxylic acids is 1. The predicted octanol–water partition coefficient (Wildman–Crippen LogP) is 2.14. The van der Waals surface area contributed by atoms with Gasteiger partial charge >= 0.3 is 5.97 Å². The molecule has 0 aliphatic rings. The number of rotatable bonds is 5. The summed E-state index contributed by atoms with van der Waals surface area (Å²) in [7, 11) is 0. The predicted molar refractivity (Wildman–Crippen MR) is 63.2 cm³/mol. The van der Waals surface area contributed by atoms with Crippen molar-refractivity contribution in [2.45, 2.75) is 25.3 Å². The van der Waals surface area contributed by atoms with Gasteiger partial charge in [0.15, 0.2) is 11.9 Å². The summed E-state index contributed by atoms with van der Waals surface area (Å²) < 4.78 is 0. The van der Waals surface area contributed by atoms with Crippen molar-refractivity contribution in [3.8, 4) is 0 Å². The summed E-state index contributed by atoms with van der Waals surface area (Å²) in [6.45, 7) is 1.74. The van der Waals surface area contributed by atoms with Gasteiger partial charge in [-0.1, -0.05) is 19.1 Å². The van der Waals surface area contributed by atoms with Gasteiger partial charge < -0.3 is 10.2 Å². The Kier molecular flexibility index (Phi) is 4.66. The maximum Gasteiger partial charge on any atom is 0.337 e. The highest BCUT2D eigenvalue weighted by Crippen LogP contribution is 2.22. The summed E-state index contributed by atoms with van der Waals surface area (Å²) >= 11 is 5.69. The van der Waals surface area contributed by atoms with E-state index in [1.807, 2.05) is 0 Å². The zero-order chi connectivity index (χ0) is 13.0. The minimum atomic E-state index is -1.62. The van der Waals surface area contributed by atoms with E-state index in [1.54, 1.807) is 6.92 Å². The van der Waals surface area contributed by atoms with Gasteiger partial charge in [0.25, 0.3) is 0 Å². The molecule has 0 aliphatic heterocycles. The van der Waals surface area contributed by atoms with Crippen molar-refractivity contribution in [3.63, 3.8) is 0 Å². The highest BCUT2D eigenvalue weighted by atomic mass is 35.5. The summed E-state index contributed by atoms with van der Waals surface area (Å²) in [4.78, 5) is 22.2. The van der Waals surface area contributed by atoms with Gasteiger partial charge in [0, 0.05) is 17.9 Å². The van der Waals surface area contributed by atoms with Crippen LogP contribution in [0.2, 0.25) is 0 Å². The van der Waals surface area contributed by atoms with Crippen LogP contribution < -0.4 is 0 Å². The minimum absolute atomic E-state index is 0.0461. The minimum Gasteiger partial charge on any atom is -0.479 e. The first-order valence-electron chi connectivity index (χ1n) is 5.14. The molecule has 0 aromatic heterocycles. The fourth-order valence-corrected chi connectivity index (χ4v) is 1.73. The van der Waals surface area contributed by atoms with E-state index in [4.69, 9.17) is 16.7 Å². The molecule has 1 aromatic carbocycles. The summed E-state index contributed by atoms with van der Waals surface area (Å²) in [6.07, 6.45) is -1.25. The molecule has 0 spiro atoms. The van der Waals surface area contributed by atoms with Crippen molar-refractivity contribution in [2.75, 3.05) is 0 Å². The SMILES string of the molecule is CCC(=O)c1ccc(C(O)C(=O)O)c(CCl)c1. The monoisotopic (exact) mass is 256 g/mol. The molecule has 1 atom stereocenters. The second-order valence-electron chi connectivity index (χ2n) is 3.56. The van der Waals surface area contributed by atoms with Crippen molar-refractivity contribution < 1.29 is 19.8 Å². The lowest BCUT2D eigenvalue weighted by atomic mass is 9.98. The van der Waals surface area contributed by atoms with Crippen LogP contribution in [0.5, 0.6) is 0 Å². The molecule has 0 saturated heterocycles. The lowest BCUT2D eigenvalue weighted by Gasteiger charge is -2.11. The molecule has 0 fully saturated rings. The number of ketones is 1. The summed E-state index contributed by atoms with van der Waals surface area (Å²) in [5.74, 6) is -1.34. The highest BCUT2D eigenvalue weighted by Gasteiger charge is 2.20. The first-order valence-corrected chi connectivity index (χ1v) is 5.67. The number of aliphatic hydroxyl groups excluding tert-OH is 1. The third kappa shape index (κ3) is 3.05. The summed E-state index contributed by atoms with van der Waals surface area (Å²) in [6, 6.07) is 4.46. The highest BCUT2D eigenvalue weighted by molar-refractivity contribution is 6.17. The molecule has 0 saturated carbocycles. The van der Waals surface area contributed by atoms with Crippen LogP contribution in [0.4, 0.5) is 0 Å². The van der Waals surface area contributed by atoms with Crippen LogP contribution in [-0.2, 0) is 10.7 Å². The van der Waals surface area contributed by atoms with Crippen molar-refractivity contribution in [1.29, 1.82) is 0 Å². The molecule has 1 aromatic rings. The standard InChI is InChI=1S/C12H13ClO4/c1-2-10(14)7-3-4-9(8(5-7)6-13)11(15)12(16)17/h3-5,11,15H,2,6H2,1H3,(H,16,17). The van der Waals surface area contributed by atoms with E-state index in [2.05, 4.69) is 0 Å². The Hall–Kier alpha value is -1.39. The van der Waals surface area contributed by atoms with Crippen molar-refractivity contribution >= 4 is 23.4 Å². The second kappa shape index (κ2) is 5.80. The quantitative estimate of drug-likeness (QED) is 0.625. The Morgan fingerprint density at radius 2 is 2.06 bits per heavy atom. The molecule has 2 N–H and O–H groups in total. The maximum absolute atomic E-state index is 11.5. The number of carbonyl (C=O) groups is 2. The van der Waals surface area contributed by atoms with E-state index in [1.165, 1.54) is 18.2 Å². The molecule has 0 amide bonds. The van der Waals surface area contributed by atoms with Crippen LogP contribution in [0, 0.1) is 0 Å². The molecule has 17 heavy (non-hydrogen) atoms. The van der Waals surface area contributed by atoms with Gasteiger partial charge in [-0.3, -0.25) is 4.79 Å². The fraction of sp³-hybridized carbons (Fsp3) is 0.333. The number of carbonyl (C=O) groups excluding carboxylic acids is 1. The number of hydrogen-bond acceptors (Lipinski definition) is 3. The van der Waals surface area contributed by atoms with Gasteiger partial charge in [-0.25, -0.2) is 4.79 Å². The average molecular weight is 257 g/mol. The van der Waals surface area contributed by atoms with Crippen LogP contribution >= 0.6 is 11.6 Å². The third-order valence-corrected chi connectivity index (χ3v) is 2.75. The summed E-state index contributed by atoms with van der Waals surface area (Å²) in [5.41, 5.74) is 1.16. The molecule has 1 unspecified atom stereocenters. The lowest BCUT2D eigenvalue weighted by molar-refractivity contribution is -0.147. The molecular formula is C12H13ClO4. The van der Waals surface area contributed by atoms with Crippen molar-refractivity contribution in [3.05, 3.63) is 34.9 Å². The Bertz CT molecular complexity index is 442. The normalized spacial score (nSPS) is 12.2. The van der Waals surface area contributed by atoms with Gasteiger partial charge in [0.05, 0.1) is 0 Å². The first kappa shape index (κ1) is 13.7. The number of alkyl halides is 1. The lowest BCUT2D eigenvalue weighted by Crippen LogP contribution is -2.13. The molecular weight excluding hydrogens is 244 g/mol. The summed E-state index contributed by atoms with van der Waals surface area (Å²) in [5, 5.41) is 18.2. The first-order chi connectivity index (χ1) is 8.01. The molecule has 1 rings (SSSR count). The average Bonchev–Trinajstić information content (AvgIpc) is 2.35. The van der Waals surface area contributed by atoms with Crippen molar-refractivity contribution in [2.24, 2.45) is 0 Å².